The van der Waals surface area contributed by atoms with Crippen LogP contribution >= 0.6 is 24.8 Å². The summed E-state index contributed by atoms with van der Waals surface area (Å²) in [5.74, 6) is -0.147. The molecular weight excluding hydrogens is 576 g/mol. The molecule has 1 fully saturated rings. The molecule has 1 aromatic heterocycles. The summed E-state index contributed by atoms with van der Waals surface area (Å²) in [4.78, 5) is 37.8. The van der Waals surface area contributed by atoms with E-state index in [1.807, 2.05) is 40.3 Å². The van der Waals surface area contributed by atoms with Crippen molar-refractivity contribution in [2.45, 2.75) is 51.2 Å². The van der Waals surface area contributed by atoms with Gasteiger partial charge in [-0.15, -0.1) is 24.8 Å². The van der Waals surface area contributed by atoms with Crippen molar-refractivity contribution >= 4 is 42.3 Å². The summed E-state index contributed by atoms with van der Waals surface area (Å²) < 4.78 is 13.4. The number of nitrogens with zero attached hydrogens (tertiary/aromatic N) is 4. The normalized spacial score (nSPS) is 20.9. The molecule has 42 heavy (non-hydrogen) atoms. The summed E-state index contributed by atoms with van der Waals surface area (Å²) in [5, 5.41) is 3.54. The number of fused-ring (bicyclic) bond motifs is 2. The summed E-state index contributed by atoms with van der Waals surface area (Å²) in [7, 11) is 0. The van der Waals surface area contributed by atoms with Gasteiger partial charge in [0.25, 0.3) is 5.91 Å². The minimum absolute atomic E-state index is 0. The lowest BCUT2D eigenvalue weighted by atomic mass is 9.91. The molecule has 224 valence electrons. The summed E-state index contributed by atoms with van der Waals surface area (Å²) >= 11 is 0. The monoisotopic (exact) mass is 613 g/mol. The van der Waals surface area contributed by atoms with E-state index in [0.29, 0.717) is 26.1 Å². The van der Waals surface area contributed by atoms with Crippen molar-refractivity contribution in [3.05, 3.63) is 94.6 Å². The standard InChI is InChI=1S/C32H36FN5O2.2ClH/c1-21-16-36(26(15-34-21)18-37-17-24-6-4-5-7-27(24)31(37)40)19-29(39)38-20-32(2,3)30-28(38)13-23(14-35-30)12-22-8-10-25(33)11-9-22;;/h4-11,13-14,21,26,34H,12,15-20H2,1-3H3;2*1H/t21-,26-;;/m1../s1. The number of nitrogens with one attached hydrogen (secondary N) is 1. The molecule has 4 heterocycles. The lowest BCUT2D eigenvalue weighted by Crippen LogP contribution is -2.60. The van der Waals surface area contributed by atoms with Crippen molar-refractivity contribution < 1.29 is 14.0 Å². The van der Waals surface area contributed by atoms with Gasteiger partial charge in [0.2, 0.25) is 5.91 Å². The molecular formula is C32H38Cl2FN5O2. The fraction of sp³-hybridized carbons (Fsp3) is 0.406. The van der Waals surface area contributed by atoms with Crippen molar-refractivity contribution in [2.24, 2.45) is 0 Å². The van der Waals surface area contributed by atoms with Crippen molar-refractivity contribution in [3.63, 3.8) is 0 Å². The Labute approximate surface area is 259 Å². The fourth-order valence-corrected chi connectivity index (χ4v) is 6.32. The summed E-state index contributed by atoms with van der Waals surface area (Å²) in [6.07, 6.45) is 2.49. The predicted molar refractivity (Wildman–Crippen MR) is 167 cm³/mol. The molecule has 1 N–H and O–H groups in total. The van der Waals surface area contributed by atoms with E-state index < -0.39 is 0 Å². The number of pyridine rings is 1. The third-order valence-electron chi connectivity index (χ3n) is 8.42. The number of aromatic nitrogens is 1. The lowest BCUT2D eigenvalue weighted by molar-refractivity contribution is -0.120. The number of rotatable bonds is 6. The Hall–Kier alpha value is -3.04. The van der Waals surface area contributed by atoms with Crippen LogP contribution < -0.4 is 10.2 Å². The third-order valence-corrected chi connectivity index (χ3v) is 8.42. The van der Waals surface area contributed by atoms with E-state index in [4.69, 9.17) is 4.98 Å². The maximum atomic E-state index is 13.9. The second kappa shape index (κ2) is 12.7. The van der Waals surface area contributed by atoms with E-state index in [2.05, 4.69) is 37.1 Å². The van der Waals surface area contributed by atoms with E-state index in [0.717, 1.165) is 46.7 Å². The largest absolute Gasteiger partial charge is 0.333 e. The maximum absolute atomic E-state index is 13.9. The topological polar surface area (TPSA) is 68.8 Å². The van der Waals surface area contributed by atoms with Crippen LogP contribution in [-0.2, 0) is 23.2 Å². The Morgan fingerprint density at radius 2 is 1.83 bits per heavy atom. The number of carbonyl (C=O) groups excluding carboxylic acids is 2. The maximum Gasteiger partial charge on any atom is 0.254 e. The number of amides is 2. The molecule has 10 heteroatoms. The minimum atomic E-state index is -0.261. The van der Waals surface area contributed by atoms with Crippen LogP contribution in [0.4, 0.5) is 10.1 Å². The van der Waals surface area contributed by atoms with Gasteiger partial charge in [-0.2, -0.15) is 0 Å². The fourth-order valence-electron chi connectivity index (χ4n) is 6.32. The number of carbonyl (C=O) groups is 2. The van der Waals surface area contributed by atoms with Crippen molar-refractivity contribution in [2.75, 3.05) is 37.6 Å². The zero-order valence-corrected chi connectivity index (χ0v) is 25.8. The molecule has 2 aromatic carbocycles. The highest BCUT2D eigenvalue weighted by Crippen LogP contribution is 2.40. The van der Waals surface area contributed by atoms with Crippen molar-refractivity contribution in [1.29, 1.82) is 0 Å². The first-order valence-corrected chi connectivity index (χ1v) is 14.1. The first-order chi connectivity index (χ1) is 19.2. The van der Waals surface area contributed by atoms with Gasteiger partial charge in [0.1, 0.15) is 5.82 Å². The number of hydrogen-bond donors (Lipinski definition) is 1. The first-order valence-electron chi connectivity index (χ1n) is 14.1. The van der Waals surface area contributed by atoms with Crippen molar-refractivity contribution in [3.8, 4) is 0 Å². The molecule has 0 saturated carbocycles. The smallest absolute Gasteiger partial charge is 0.254 e. The van der Waals surface area contributed by atoms with Gasteiger partial charge in [-0.25, -0.2) is 4.39 Å². The van der Waals surface area contributed by atoms with Crippen LogP contribution in [0.2, 0.25) is 0 Å². The number of halogens is 3. The van der Waals surface area contributed by atoms with Gasteiger partial charge in [-0.3, -0.25) is 19.5 Å². The van der Waals surface area contributed by atoms with Crippen LogP contribution in [0.1, 0.15) is 53.5 Å². The lowest BCUT2D eigenvalue weighted by Gasteiger charge is -2.41. The minimum Gasteiger partial charge on any atom is -0.333 e. The van der Waals surface area contributed by atoms with Crippen molar-refractivity contribution in [1.82, 2.24) is 20.1 Å². The van der Waals surface area contributed by atoms with Crippen LogP contribution in [0.15, 0.2) is 60.8 Å². The molecule has 3 aliphatic rings. The number of piperazine rings is 1. The third kappa shape index (κ3) is 6.32. The van der Waals surface area contributed by atoms with Crippen LogP contribution in [-0.4, -0.2) is 71.4 Å². The van der Waals surface area contributed by atoms with Crippen LogP contribution in [0.5, 0.6) is 0 Å². The molecule has 2 atom stereocenters. The molecule has 1 saturated heterocycles. The Balaban J connectivity index is 0.00000202. The van der Waals surface area contributed by atoms with Gasteiger partial charge in [-0.05, 0) is 54.3 Å². The molecule has 7 nitrogen and oxygen atoms in total. The van der Waals surface area contributed by atoms with Crippen LogP contribution in [0.3, 0.4) is 0 Å². The predicted octanol–water partition coefficient (Wildman–Crippen LogP) is 4.60. The molecule has 6 rings (SSSR count). The Kier molecular flexibility index (Phi) is 9.62. The zero-order chi connectivity index (χ0) is 28.0. The Morgan fingerprint density at radius 3 is 2.57 bits per heavy atom. The Morgan fingerprint density at radius 1 is 1.10 bits per heavy atom. The van der Waals surface area contributed by atoms with Gasteiger partial charge < -0.3 is 15.1 Å². The molecule has 0 aliphatic carbocycles. The molecule has 0 spiro atoms. The van der Waals surface area contributed by atoms with Gasteiger partial charge in [0.05, 0.1) is 17.9 Å². The summed E-state index contributed by atoms with van der Waals surface area (Å²) in [6, 6.07) is 16.6. The van der Waals surface area contributed by atoms with E-state index in [1.54, 1.807) is 12.1 Å². The molecule has 0 bridgehead atoms. The molecule has 2 amide bonds. The van der Waals surface area contributed by atoms with E-state index >= 15 is 0 Å². The molecule has 3 aliphatic heterocycles. The van der Waals surface area contributed by atoms with Crippen LogP contribution in [0, 0.1) is 5.82 Å². The quantitative estimate of drug-likeness (QED) is 0.440. The average molecular weight is 615 g/mol. The Bertz CT molecular complexity index is 1450. The number of hydrogen-bond acceptors (Lipinski definition) is 5. The molecule has 0 unspecified atom stereocenters. The zero-order valence-electron chi connectivity index (χ0n) is 24.2. The van der Waals surface area contributed by atoms with E-state index in [9.17, 15) is 14.0 Å². The first kappa shape index (κ1) is 31.9. The van der Waals surface area contributed by atoms with Crippen LogP contribution in [0.25, 0.3) is 0 Å². The SMILES string of the molecule is C[C@@H]1CN(CC(=O)N2CC(C)(C)c3ncc(Cc4ccc(F)cc4)cc32)[C@@H](CN2Cc3ccccc3C2=O)CN1.Cl.Cl. The number of anilines is 1. The molecule has 0 radical (unpaired) electrons. The average Bonchev–Trinajstić information content (AvgIpc) is 3.39. The second-order valence-corrected chi connectivity index (χ2v) is 12.1. The van der Waals surface area contributed by atoms with Gasteiger partial charge >= 0.3 is 0 Å². The van der Waals surface area contributed by atoms with Gasteiger partial charge in [0.15, 0.2) is 0 Å². The van der Waals surface area contributed by atoms with E-state index in [-0.39, 0.29) is 66.5 Å². The van der Waals surface area contributed by atoms with Gasteiger partial charge in [0, 0.05) is 62.0 Å². The summed E-state index contributed by atoms with van der Waals surface area (Å²) in [6.45, 7) is 9.87. The summed E-state index contributed by atoms with van der Waals surface area (Å²) in [5.41, 5.74) is 5.35. The van der Waals surface area contributed by atoms with Gasteiger partial charge in [-0.1, -0.05) is 44.2 Å². The van der Waals surface area contributed by atoms with E-state index in [1.165, 1.54) is 12.1 Å². The number of benzene rings is 2. The highest BCUT2D eigenvalue weighted by atomic mass is 35.5. The highest BCUT2D eigenvalue weighted by Gasteiger charge is 2.41. The molecule has 3 aromatic rings. The highest BCUT2D eigenvalue weighted by molar-refractivity contribution is 5.98. The second-order valence-electron chi connectivity index (χ2n) is 12.1.